The van der Waals surface area contributed by atoms with E-state index in [9.17, 15) is 9.69 Å². The van der Waals surface area contributed by atoms with E-state index in [1.54, 1.807) is 33.8 Å². The predicted octanol–water partition coefficient (Wildman–Crippen LogP) is 2.02. The van der Waals surface area contributed by atoms with Gasteiger partial charge in [0.1, 0.15) is 5.56 Å². The lowest BCUT2D eigenvalue weighted by atomic mass is 10.2. The molecule has 6 nitrogen and oxygen atoms in total. The summed E-state index contributed by atoms with van der Waals surface area (Å²) in [7, 11) is -3.30. The van der Waals surface area contributed by atoms with Crippen molar-refractivity contribution in [1.29, 1.82) is 0 Å². The standard InChI is InChI=1S/C13H21NO5P/c1-5-17-13(15)12-10(4)14-9-8-11(12)20(16,18-6-2)19-7-3/h8-9,16H,5-7H2,1-4H3/q+1. The van der Waals surface area contributed by atoms with Gasteiger partial charge in [-0.25, -0.2) is 4.79 Å². The highest BCUT2D eigenvalue weighted by Crippen LogP contribution is 2.56. The summed E-state index contributed by atoms with van der Waals surface area (Å²) in [6.07, 6.45) is 1.51. The van der Waals surface area contributed by atoms with Crippen LogP contribution in [0.1, 0.15) is 36.8 Å². The van der Waals surface area contributed by atoms with E-state index in [0.717, 1.165) is 0 Å². The Morgan fingerprint density at radius 3 is 2.35 bits per heavy atom. The van der Waals surface area contributed by atoms with Crippen LogP contribution in [-0.4, -0.2) is 35.7 Å². The van der Waals surface area contributed by atoms with Gasteiger partial charge in [0, 0.05) is 12.3 Å². The maximum Gasteiger partial charge on any atom is 0.447 e. The first-order valence-corrected chi connectivity index (χ1v) is 8.12. The van der Waals surface area contributed by atoms with E-state index in [1.807, 2.05) is 0 Å². The second-order valence-corrected chi connectivity index (χ2v) is 5.91. The lowest BCUT2D eigenvalue weighted by Crippen LogP contribution is -2.26. The van der Waals surface area contributed by atoms with E-state index < -0.39 is 13.9 Å². The van der Waals surface area contributed by atoms with Crippen LogP contribution in [0.3, 0.4) is 0 Å². The van der Waals surface area contributed by atoms with E-state index >= 15 is 0 Å². The Labute approximate surface area is 119 Å². The fourth-order valence-corrected chi connectivity index (χ4v) is 3.61. The van der Waals surface area contributed by atoms with Crippen LogP contribution in [0.4, 0.5) is 0 Å². The molecule has 0 aromatic carbocycles. The molecule has 0 unspecified atom stereocenters. The smallest absolute Gasteiger partial charge is 0.447 e. The Morgan fingerprint density at radius 1 is 1.25 bits per heavy atom. The van der Waals surface area contributed by atoms with Gasteiger partial charge in [-0.05, 0) is 27.7 Å². The van der Waals surface area contributed by atoms with Crippen molar-refractivity contribution in [2.45, 2.75) is 27.7 Å². The average molecular weight is 302 g/mol. The van der Waals surface area contributed by atoms with Crippen molar-refractivity contribution in [2.24, 2.45) is 0 Å². The highest BCUT2D eigenvalue weighted by Gasteiger charge is 2.47. The zero-order chi connectivity index (χ0) is 15.2. The third-order valence-corrected chi connectivity index (χ3v) is 4.71. The van der Waals surface area contributed by atoms with Gasteiger partial charge in [0.2, 0.25) is 5.30 Å². The lowest BCUT2D eigenvalue weighted by Gasteiger charge is -2.18. The number of hydrogen-bond donors (Lipinski definition) is 1. The molecular formula is C13H21NO5P+. The van der Waals surface area contributed by atoms with Crippen molar-refractivity contribution in [3.8, 4) is 0 Å². The monoisotopic (exact) mass is 302 g/mol. The first kappa shape index (κ1) is 17.0. The molecule has 0 bridgehead atoms. The molecule has 0 saturated carbocycles. The van der Waals surface area contributed by atoms with Crippen molar-refractivity contribution in [1.82, 2.24) is 4.98 Å². The second-order valence-electron chi connectivity index (χ2n) is 3.87. The number of carbonyl (C=O) groups is 1. The number of esters is 1. The average Bonchev–Trinajstić information content (AvgIpc) is 2.39. The van der Waals surface area contributed by atoms with Crippen LogP contribution in [0.25, 0.3) is 0 Å². The second kappa shape index (κ2) is 7.64. The van der Waals surface area contributed by atoms with Gasteiger partial charge in [-0.2, -0.15) is 13.9 Å². The summed E-state index contributed by atoms with van der Waals surface area (Å²) in [5, 5.41) is 0.312. The number of aromatic nitrogens is 1. The third kappa shape index (κ3) is 3.73. The van der Waals surface area contributed by atoms with Crippen LogP contribution >= 0.6 is 7.94 Å². The normalized spacial score (nSPS) is 11.4. The number of hydrogen-bond acceptors (Lipinski definition) is 6. The molecule has 0 radical (unpaired) electrons. The molecule has 0 atom stereocenters. The van der Waals surface area contributed by atoms with Crippen molar-refractivity contribution in [2.75, 3.05) is 19.8 Å². The molecule has 0 spiro atoms. The largest absolute Gasteiger partial charge is 0.462 e. The van der Waals surface area contributed by atoms with Crippen LogP contribution in [0.2, 0.25) is 0 Å². The van der Waals surface area contributed by atoms with Crippen molar-refractivity contribution < 1.29 is 23.5 Å². The first-order chi connectivity index (χ1) is 9.50. The summed E-state index contributed by atoms with van der Waals surface area (Å²) in [6, 6.07) is 1.54. The lowest BCUT2D eigenvalue weighted by molar-refractivity contribution is 0.0525. The molecule has 1 N–H and O–H groups in total. The van der Waals surface area contributed by atoms with E-state index in [-0.39, 0.29) is 25.4 Å². The summed E-state index contributed by atoms with van der Waals surface area (Å²) in [4.78, 5) is 26.8. The van der Waals surface area contributed by atoms with Gasteiger partial charge in [0.25, 0.3) is 0 Å². The molecule has 0 fully saturated rings. The number of aryl methyl sites for hydroxylation is 1. The fourth-order valence-electron chi connectivity index (χ4n) is 1.77. The molecule has 0 amide bonds. The maximum atomic E-state index is 12.1. The molecule has 0 aliphatic carbocycles. The molecule has 20 heavy (non-hydrogen) atoms. The minimum absolute atomic E-state index is 0.215. The van der Waals surface area contributed by atoms with E-state index in [2.05, 4.69) is 4.98 Å². The molecule has 1 heterocycles. The van der Waals surface area contributed by atoms with Crippen molar-refractivity contribution >= 4 is 19.2 Å². The predicted molar refractivity (Wildman–Crippen MR) is 77.0 cm³/mol. The number of ether oxygens (including phenoxy) is 1. The van der Waals surface area contributed by atoms with Crippen LogP contribution in [0.15, 0.2) is 12.3 Å². The Balaban J connectivity index is 3.34. The summed E-state index contributed by atoms with van der Waals surface area (Å²) >= 11 is 0. The highest BCUT2D eigenvalue weighted by molar-refractivity contribution is 7.68. The van der Waals surface area contributed by atoms with Crippen molar-refractivity contribution in [3.63, 3.8) is 0 Å². The van der Waals surface area contributed by atoms with Gasteiger partial charge >= 0.3 is 13.9 Å². The van der Waals surface area contributed by atoms with Gasteiger partial charge < -0.3 is 4.74 Å². The highest BCUT2D eigenvalue weighted by atomic mass is 31.2. The zero-order valence-corrected chi connectivity index (χ0v) is 13.1. The molecule has 1 aromatic rings. The summed E-state index contributed by atoms with van der Waals surface area (Å²) in [5.74, 6) is -0.536. The van der Waals surface area contributed by atoms with Crippen LogP contribution in [0, 0.1) is 6.92 Å². The summed E-state index contributed by atoms with van der Waals surface area (Å²) in [6.45, 7) is 7.69. The van der Waals surface area contributed by atoms with Gasteiger partial charge in [0.15, 0.2) is 0 Å². The molecule has 0 saturated heterocycles. The third-order valence-electron chi connectivity index (χ3n) is 2.51. The minimum atomic E-state index is -3.30. The molecule has 7 heteroatoms. The van der Waals surface area contributed by atoms with Crippen molar-refractivity contribution in [3.05, 3.63) is 23.5 Å². The number of rotatable bonds is 7. The number of pyridine rings is 1. The van der Waals surface area contributed by atoms with Gasteiger partial charge in [-0.3, -0.25) is 4.98 Å². The fraction of sp³-hybridized carbons (Fsp3) is 0.538. The summed E-state index contributed by atoms with van der Waals surface area (Å²) in [5.41, 5.74) is 0.686. The Hall–Kier alpha value is -1.07. The molecule has 0 aliphatic heterocycles. The quantitative estimate of drug-likeness (QED) is 0.613. The first-order valence-electron chi connectivity index (χ1n) is 6.54. The molecular weight excluding hydrogens is 281 g/mol. The van der Waals surface area contributed by atoms with Gasteiger partial charge in [-0.15, -0.1) is 0 Å². The summed E-state index contributed by atoms with van der Waals surface area (Å²) < 4.78 is 15.8. The number of nitrogens with zero attached hydrogens (tertiary/aromatic N) is 1. The molecule has 1 rings (SSSR count). The minimum Gasteiger partial charge on any atom is -0.462 e. The van der Waals surface area contributed by atoms with E-state index in [4.69, 9.17) is 13.8 Å². The molecule has 1 aromatic heterocycles. The van der Waals surface area contributed by atoms with E-state index in [0.29, 0.717) is 11.0 Å². The Kier molecular flexibility index (Phi) is 6.49. The maximum absolute atomic E-state index is 12.1. The molecule has 112 valence electrons. The number of carbonyl (C=O) groups excluding carboxylic acids is 1. The zero-order valence-electron chi connectivity index (χ0n) is 12.3. The van der Waals surface area contributed by atoms with Gasteiger partial charge in [0.05, 0.1) is 25.5 Å². The Bertz CT molecular complexity index is 460. The van der Waals surface area contributed by atoms with Crippen LogP contribution < -0.4 is 5.30 Å². The topological polar surface area (TPSA) is 77.9 Å². The Morgan fingerprint density at radius 2 is 1.85 bits per heavy atom. The van der Waals surface area contributed by atoms with E-state index in [1.165, 1.54) is 6.20 Å². The van der Waals surface area contributed by atoms with Crippen LogP contribution in [0.5, 0.6) is 0 Å². The van der Waals surface area contributed by atoms with Gasteiger partial charge in [-0.1, -0.05) is 0 Å². The SMILES string of the molecule is CCOC(=O)c1c([P+](O)(OCC)OCC)ccnc1C. The van der Waals surface area contributed by atoms with Crippen LogP contribution in [-0.2, 0) is 13.8 Å². The molecule has 0 aliphatic rings.